The van der Waals surface area contributed by atoms with E-state index in [2.05, 4.69) is 5.32 Å². The molecule has 1 aromatic heterocycles. The smallest absolute Gasteiger partial charge is 0.326 e. The van der Waals surface area contributed by atoms with Gasteiger partial charge >= 0.3 is 5.97 Å². The van der Waals surface area contributed by atoms with Crippen LogP contribution in [0.2, 0.25) is 0 Å². The summed E-state index contributed by atoms with van der Waals surface area (Å²) in [5, 5.41) is 11.3. The van der Waals surface area contributed by atoms with Gasteiger partial charge in [-0.1, -0.05) is 20.8 Å². The molecule has 0 aliphatic carbocycles. The lowest BCUT2D eigenvalue weighted by molar-refractivity contribution is -0.139. The van der Waals surface area contributed by atoms with Crippen molar-refractivity contribution in [1.82, 2.24) is 5.32 Å². The van der Waals surface area contributed by atoms with Gasteiger partial charge < -0.3 is 14.8 Å². The first-order valence-corrected chi connectivity index (χ1v) is 5.58. The van der Waals surface area contributed by atoms with E-state index >= 15 is 0 Å². The molecule has 94 valence electrons. The van der Waals surface area contributed by atoms with E-state index in [0.29, 0.717) is 6.42 Å². The third-order valence-electron chi connectivity index (χ3n) is 2.54. The Hall–Kier alpha value is -1.78. The van der Waals surface area contributed by atoms with E-state index in [9.17, 15) is 9.59 Å². The number of amides is 1. The molecule has 5 nitrogen and oxygen atoms in total. The zero-order valence-corrected chi connectivity index (χ0v) is 10.2. The summed E-state index contributed by atoms with van der Waals surface area (Å²) in [6.07, 6.45) is 1.77. The summed E-state index contributed by atoms with van der Waals surface area (Å²) in [5.41, 5.74) is 0.780. The zero-order valence-electron chi connectivity index (χ0n) is 10.2. The summed E-state index contributed by atoms with van der Waals surface area (Å²) in [5.74, 6) is -1.18. The topological polar surface area (TPSA) is 79.5 Å². The van der Waals surface area contributed by atoms with Crippen molar-refractivity contribution >= 4 is 11.9 Å². The molecule has 0 aliphatic heterocycles. The molecule has 1 amide bonds. The quantitative estimate of drug-likeness (QED) is 0.823. The first-order chi connectivity index (χ1) is 7.97. The molecule has 0 saturated heterocycles. The van der Waals surface area contributed by atoms with Crippen LogP contribution >= 0.6 is 0 Å². The Labute approximate surface area is 99.8 Å². The third-order valence-corrected chi connectivity index (χ3v) is 2.54. The molecular weight excluding hydrogens is 222 g/mol. The second-order valence-electron chi connectivity index (χ2n) is 4.13. The van der Waals surface area contributed by atoms with Crippen LogP contribution in [-0.2, 0) is 4.79 Å². The molecule has 1 unspecified atom stereocenters. The first kappa shape index (κ1) is 13.3. The van der Waals surface area contributed by atoms with Crippen LogP contribution in [0.3, 0.4) is 0 Å². The van der Waals surface area contributed by atoms with Gasteiger partial charge in [0.2, 0.25) is 0 Å². The molecular formula is C12H17NO4. The fourth-order valence-electron chi connectivity index (χ4n) is 1.52. The predicted molar refractivity (Wildman–Crippen MR) is 62.0 cm³/mol. The highest BCUT2D eigenvalue weighted by Gasteiger charge is 2.23. The van der Waals surface area contributed by atoms with E-state index in [-0.39, 0.29) is 11.7 Å². The minimum Gasteiger partial charge on any atom is -0.480 e. The Morgan fingerprint density at radius 2 is 2.12 bits per heavy atom. The lowest BCUT2D eigenvalue weighted by atomic mass is 10.0. The summed E-state index contributed by atoms with van der Waals surface area (Å²) >= 11 is 0. The summed E-state index contributed by atoms with van der Waals surface area (Å²) in [4.78, 5) is 22.6. The van der Waals surface area contributed by atoms with Crippen molar-refractivity contribution in [2.24, 2.45) is 0 Å². The average Bonchev–Trinajstić information content (AvgIpc) is 2.73. The number of nitrogens with one attached hydrogen (secondary N) is 1. The fraction of sp³-hybridized carbons (Fsp3) is 0.500. The molecule has 1 atom stereocenters. The van der Waals surface area contributed by atoms with Crippen molar-refractivity contribution in [2.45, 2.75) is 39.2 Å². The van der Waals surface area contributed by atoms with Gasteiger partial charge in [-0.15, -0.1) is 0 Å². The van der Waals surface area contributed by atoms with Crippen LogP contribution in [0.25, 0.3) is 0 Å². The SMILES string of the molecule is CCC(NC(=O)c1occc1C(C)C)C(=O)O. The van der Waals surface area contributed by atoms with Crippen LogP contribution in [0.4, 0.5) is 0 Å². The normalized spacial score (nSPS) is 12.5. The number of aliphatic carboxylic acids is 1. The minimum atomic E-state index is -1.04. The predicted octanol–water partition coefficient (Wildman–Crippen LogP) is 2.00. The Morgan fingerprint density at radius 3 is 2.59 bits per heavy atom. The maximum atomic E-state index is 11.8. The zero-order chi connectivity index (χ0) is 13.0. The van der Waals surface area contributed by atoms with E-state index in [0.717, 1.165) is 5.56 Å². The van der Waals surface area contributed by atoms with Crippen LogP contribution in [0, 0.1) is 0 Å². The number of furan rings is 1. The van der Waals surface area contributed by atoms with Crippen molar-refractivity contribution in [3.8, 4) is 0 Å². The molecule has 17 heavy (non-hydrogen) atoms. The molecule has 5 heteroatoms. The van der Waals surface area contributed by atoms with E-state index in [1.54, 1.807) is 13.0 Å². The maximum Gasteiger partial charge on any atom is 0.326 e. The maximum absolute atomic E-state index is 11.8. The Morgan fingerprint density at radius 1 is 1.47 bits per heavy atom. The van der Waals surface area contributed by atoms with Crippen molar-refractivity contribution < 1.29 is 19.1 Å². The highest BCUT2D eigenvalue weighted by atomic mass is 16.4. The largest absolute Gasteiger partial charge is 0.480 e. The van der Waals surface area contributed by atoms with E-state index in [4.69, 9.17) is 9.52 Å². The molecule has 0 spiro atoms. The summed E-state index contributed by atoms with van der Waals surface area (Å²) in [7, 11) is 0. The Bertz CT molecular complexity index is 408. The van der Waals surface area contributed by atoms with Crippen molar-refractivity contribution in [2.75, 3.05) is 0 Å². The third kappa shape index (κ3) is 3.09. The van der Waals surface area contributed by atoms with E-state index in [1.165, 1.54) is 6.26 Å². The van der Waals surface area contributed by atoms with Crippen LogP contribution in [0.1, 0.15) is 49.2 Å². The van der Waals surface area contributed by atoms with E-state index in [1.807, 2.05) is 13.8 Å². The summed E-state index contributed by atoms with van der Waals surface area (Å²) < 4.78 is 5.11. The minimum absolute atomic E-state index is 0.152. The molecule has 1 aromatic rings. The highest BCUT2D eigenvalue weighted by molar-refractivity contribution is 5.95. The molecule has 0 bridgehead atoms. The number of carboxylic acid groups (broad SMARTS) is 1. The summed E-state index contributed by atoms with van der Waals surface area (Å²) in [6, 6.07) is 0.842. The van der Waals surface area contributed by atoms with Gasteiger partial charge in [0.05, 0.1) is 6.26 Å². The second-order valence-corrected chi connectivity index (χ2v) is 4.13. The molecule has 1 heterocycles. The van der Waals surface area contributed by atoms with Crippen molar-refractivity contribution in [3.63, 3.8) is 0 Å². The van der Waals surface area contributed by atoms with Crippen LogP contribution in [0.15, 0.2) is 16.7 Å². The van der Waals surface area contributed by atoms with E-state index < -0.39 is 17.9 Å². The van der Waals surface area contributed by atoms with Gasteiger partial charge in [-0.25, -0.2) is 4.79 Å². The number of hydrogen-bond donors (Lipinski definition) is 2. The average molecular weight is 239 g/mol. The van der Waals surface area contributed by atoms with Gasteiger partial charge in [0.25, 0.3) is 5.91 Å². The molecule has 2 N–H and O–H groups in total. The number of carbonyl (C=O) groups excluding carboxylic acids is 1. The number of carbonyl (C=O) groups is 2. The van der Waals surface area contributed by atoms with Crippen LogP contribution in [0.5, 0.6) is 0 Å². The molecule has 0 fully saturated rings. The first-order valence-electron chi connectivity index (χ1n) is 5.58. The van der Waals surface area contributed by atoms with Crippen LogP contribution < -0.4 is 5.32 Å². The molecule has 1 rings (SSSR count). The van der Waals surface area contributed by atoms with Crippen LogP contribution in [-0.4, -0.2) is 23.0 Å². The lowest BCUT2D eigenvalue weighted by Gasteiger charge is -2.12. The second kappa shape index (κ2) is 5.52. The van der Waals surface area contributed by atoms with Gasteiger partial charge in [0.1, 0.15) is 6.04 Å². The monoisotopic (exact) mass is 239 g/mol. The molecule has 0 aromatic carbocycles. The fourth-order valence-corrected chi connectivity index (χ4v) is 1.52. The Balaban J connectivity index is 2.82. The van der Waals surface area contributed by atoms with Crippen molar-refractivity contribution in [1.29, 1.82) is 0 Å². The van der Waals surface area contributed by atoms with Gasteiger partial charge in [0.15, 0.2) is 5.76 Å². The number of carboxylic acids is 1. The highest BCUT2D eigenvalue weighted by Crippen LogP contribution is 2.20. The van der Waals surface area contributed by atoms with Crippen molar-refractivity contribution in [3.05, 3.63) is 23.7 Å². The number of hydrogen-bond acceptors (Lipinski definition) is 3. The standard InChI is InChI=1S/C12H17NO4/c1-4-9(12(15)16)13-11(14)10-8(7(2)3)5-6-17-10/h5-7,9H,4H2,1-3H3,(H,13,14)(H,15,16). The van der Waals surface area contributed by atoms with Gasteiger partial charge in [-0.05, 0) is 18.4 Å². The molecule has 0 aliphatic rings. The van der Waals surface area contributed by atoms with Gasteiger partial charge in [-0.2, -0.15) is 0 Å². The molecule has 0 radical (unpaired) electrons. The van der Waals surface area contributed by atoms with Gasteiger partial charge in [-0.3, -0.25) is 4.79 Å². The lowest BCUT2D eigenvalue weighted by Crippen LogP contribution is -2.40. The number of rotatable bonds is 5. The summed E-state index contributed by atoms with van der Waals surface area (Å²) in [6.45, 7) is 5.58. The van der Waals surface area contributed by atoms with Gasteiger partial charge in [0, 0.05) is 5.56 Å². The Kier molecular flexibility index (Phi) is 4.31. The molecule has 0 saturated carbocycles.